The van der Waals surface area contributed by atoms with Gasteiger partial charge in [0.25, 0.3) is 5.91 Å². The molecular formula is C18H15Cl2N5O. The first-order valence-corrected chi connectivity index (χ1v) is 8.77. The van der Waals surface area contributed by atoms with Crippen LogP contribution in [0.2, 0.25) is 10.0 Å². The Bertz CT molecular complexity index is 883. The molecule has 0 bridgehead atoms. The molecule has 1 saturated heterocycles. The van der Waals surface area contributed by atoms with Crippen LogP contribution in [-0.4, -0.2) is 29.0 Å². The summed E-state index contributed by atoms with van der Waals surface area (Å²) in [6, 6.07) is 6.57. The van der Waals surface area contributed by atoms with Gasteiger partial charge in [0, 0.05) is 36.1 Å². The van der Waals surface area contributed by atoms with E-state index in [0.29, 0.717) is 27.2 Å². The largest absolute Gasteiger partial charge is 0.341 e. The molecule has 8 heteroatoms. The van der Waals surface area contributed by atoms with Gasteiger partial charge in [-0.05, 0) is 37.1 Å². The molecule has 0 aliphatic carbocycles. The molecule has 0 atom stereocenters. The van der Waals surface area contributed by atoms with Crippen molar-refractivity contribution in [1.29, 1.82) is 5.26 Å². The molecule has 132 valence electrons. The number of aromatic nitrogens is 2. The summed E-state index contributed by atoms with van der Waals surface area (Å²) in [5, 5.41) is 12.6. The van der Waals surface area contributed by atoms with Gasteiger partial charge in [0.15, 0.2) is 0 Å². The van der Waals surface area contributed by atoms with Gasteiger partial charge in [0.05, 0.1) is 10.7 Å². The second-order valence-electron chi connectivity index (χ2n) is 5.76. The normalized spacial score (nSPS) is 14.2. The van der Waals surface area contributed by atoms with Crippen LogP contribution in [-0.2, 0) is 4.79 Å². The third-order valence-electron chi connectivity index (χ3n) is 3.90. The highest BCUT2D eigenvalue weighted by atomic mass is 35.5. The minimum absolute atomic E-state index is 0.0754. The topological polar surface area (TPSA) is 81.9 Å². The molecular weight excluding hydrogens is 373 g/mol. The van der Waals surface area contributed by atoms with Gasteiger partial charge in [0.1, 0.15) is 11.6 Å². The van der Waals surface area contributed by atoms with Crippen LogP contribution in [0.3, 0.4) is 0 Å². The van der Waals surface area contributed by atoms with Crippen LogP contribution < -0.4 is 10.2 Å². The van der Waals surface area contributed by atoms with Gasteiger partial charge in [-0.15, -0.1) is 0 Å². The summed E-state index contributed by atoms with van der Waals surface area (Å²) in [5.74, 6) is 0.0934. The fourth-order valence-electron chi connectivity index (χ4n) is 2.58. The molecule has 2 heterocycles. The Kier molecular flexibility index (Phi) is 5.71. The maximum atomic E-state index is 12.3. The molecule has 1 aliphatic rings. The number of benzene rings is 1. The number of nitrogens with one attached hydrogen (secondary N) is 1. The number of halogens is 2. The Hall–Kier alpha value is -2.62. The predicted molar refractivity (Wildman–Crippen MR) is 102 cm³/mol. The summed E-state index contributed by atoms with van der Waals surface area (Å²) < 4.78 is 0. The van der Waals surface area contributed by atoms with Gasteiger partial charge in [-0.25, -0.2) is 9.97 Å². The van der Waals surface area contributed by atoms with Crippen molar-refractivity contribution in [3.63, 3.8) is 0 Å². The number of anilines is 2. The molecule has 0 spiro atoms. The van der Waals surface area contributed by atoms with E-state index < -0.39 is 5.91 Å². The number of amides is 1. The van der Waals surface area contributed by atoms with E-state index in [1.54, 1.807) is 24.5 Å². The molecule has 1 amide bonds. The standard InChI is InChI=1S/C18H15Cl2N5O/c19-14-3-4-16(15(20)8-14)24-17(26)13(9-21)7-12-10-22-18(23-11-12)25-5-1-2-6-25/h3-4,7-8,10-11H,1-2,5-6H2,(H,24,26)/b13-7-. The van der Waals surface area contributed by atoms with E-state index >= 15 is 0 Å². The summed E-state index contributed by atoms with van der Waals surface area (Å²) >= 11 is 11.9. The van der Waals surface area contributed by atoms with Crippen molar-refractivity contribution in [2.24, 2.45) is 0 Å². The summed E-state index contributed by atoms with van der Waals surface area (Å²) in [5.41, 5.74) is 0.873. The maximum absolute atomic E-state index is 12.3. The third-order valence-corrected chi connectivity index (χ3v) is 4.45. The predicted octanol–water partition coefficient (Wildman–Crippen LogP) is 3.93. The Morgan fingerprint density at radius 2 is 1.92 bits per heavy atom. The lowest BCUT2D eigenvalue weighted by Gasteiger charge is -2.14. The first-order chi connectivity index (χ1) is 12.6. The Balaban J connectivity index is 1.74. The number of nitrogens with zero attached hydrogens (tertiary/aromatic N) is 4. The number of carbonyl (C=O) groups is 1. The molecule has 6 nitrogen and oxygen atoms in total. The molecule has 0 radical (unpaired) electrons. The quantitative estimate of drug-likeness (QED) is 0.634. The average Bonchev–Trinajstić information content (AvgIpc) is 3.17. The molecule has 1 aromatic carbocycles. The first kappa shape index (κ1) is 18.2. The van der Waals surface area contributed by atoms with Crippen molar-refractivity contribution in [2.45, 2.75) is 12.8 Å². The molecule has 1 aromatic heterocycles. The lowest BCUT2D eigenvalue weighted by Crippen LogP contribution is -2.20. The summed E-state index contributed by atoms with van der Waals surface area (Å²) in [7, 11) is 0. The molecule has 3 rings (SSSR count). The molecule has 1 fully saturated rings. The molecule has 2 aromatic rings. The smallest absolute Gasteiger partial charge is 0.266 e. The van der Waals surface area contributed by atoms with Crippen molar-refractivity contribution in [2.75, 3.05) is 23.3 Å². The summed E-state index contributed by atoms with van der Waals surface area (Å²) in [4.78, 5) is 23.0. The van der Waals surface area contributed by atoms with Crippen LogP contribution in [0.4, 0.5) is 11.6 Å². The van der Waals surface area contributed by atoms with Crippen molar-refractivity contribution in [3.8, 4) is 6.07 Å². The van der Waals surface area contributed by atoms with Crippen LogP contribution in [0, 0.1) is 11.3 Å². The monoisotopic (exact) mass is 387 g/mol. The molecule has 0 unspecified atom stereocenters. The van der Waals surface area contributed by atoms with Gasteiger partial charge >= 0.3 is 0 Å². The van der Waals surface area contributed by atoms with Gasteiger partial charge in [-0.2, -0.15) is 5.26 Å². The number of rotatable bonds is 4. The van der Waals surface area contributed by atoms with Gasteiger partial charge in [-0.3, -0.25) is 4.79 Å². The Morgan fingerprint density at radius 3 is 2.54 bits per heavy atom. The van der Waals surface area contributed by atoms with E-state index in [1.165, 1.54) is 12.1 Å². The average molecular weight is 388 g/mol. The van der Waals surface area contributed by atoms with Crippen molar-refractivity contribution < 1.29 is 4.79 Å². The van der Waals surface area contributed by atoms with Gasteiger partial charge in [-0.1, -0.05) is 23.2 Å². The highest BCUT2D eigenvalue weighted by molar-refractivity contribution is 6.36. The number of nitriles is 1. The van der Waals surface area contributed by atoms with Crippen LogP contribution in [0.5, 0.6) is 0 Å². The molecule has 26 heavy (non-hydrogen) atoms. The Morgan fingerprint density at radius 1 is 1.23 bits per heavy atom. The molecule has 1 N–H and O–H groups in total. The minimum Gasteiger partial charge on any atom is -0.341 e. The van der Waals surface area contributed by atoms with E-state index in [9.17, 15) is 10.1 Å². The van der Waals surface area contributed by atoms with Crippen LogP contribution in [0.15, 0.2) is 36.2 Å². The molecule has 1 aliphatic heterocycles. The van der Waals surface area contributed by atoms with Crippen molar-refractivity contribution >= 4 is 46.8 Å². The van der Waals surface area contributed by atoms with Crippen LogP contribution in [0.1, 0.15) is 18.4 Å². The highest BCUT2D eigenvalue weighted by Gasteiger charge is 2.15. The lowest BCUT2D eigenvalue weighted by atomic mass is 10.2. The van der Waals surface area contributed by atoms with E-state index in [1.807, 2.05) is 6.07 Å². The maximum Gasteiger partial charge on any atom is 0.266 e. The van der Waals surface area contributed by atoms with Crippen molar-refractivity contribution in [3.05, 3.63) is 51.8 Å². The van der Waals surface area contributed by atoms with Gasteiger partial charge in [0.2, 0.25) is 5.95 Å². The van der Waals surface area contributed by atoms with Crippen LogP contribution in [0.25, 0.3) is 6.08 Å². The number of hydrogen-bond donors (Lipinski definition) is 1. The highest BCUT2D eigenvalue weighted by Crippen LogP contribution is 2.26. The summed E-state index contributed by atoms with van der Waals surface area (Å²) in [6.45, 7) is 1.89. The van der Waals surface area contributed by atoms with Crippen molar-refractivity contribution in [1.82, 2.24) is 9.97 Å². The fraction of sp³-hybridized carbons (Fsp3) is 0.222. The number of carbonyl (C=O) groups excluding carboxylic acids is 1. The zero-order chi connectivity index (χ0) is 18.5. The second kappa shape index (κ2) is 8.17. The van der Waals surface area contributed by atoms with Gasteiger partial charge < -0.3 is 10.2 Å². The SMILES string of the molecule is N#C/C(=C/c1cnc(N2CCCC2)nc1)C(=O)Nc1ccc(Cl)cc1Cl. The van der Waals surface area contributed by atoms with E-state index in [0.717, 1.165) is 25.9 Å². The summed E-state index contributed by atoms with van der Waals surface area (Å²) in [6.07, 6.45) is 6.90. The Labute approximate surface area is 161 Å². The van der Waals surface area contributed by atoms with E-state index in [4.69, 9.17) is 23.2 Å². The minimum atomic E-state index is -0.569. The fourth-order valence-corrected chi connectivity index (χ4v) is 3.04. The zero-order valence-electron chi connectivity index (χ0n) is 13.7. The lowest BCUT2D eigenvalue weighted by molar-refractivity contribution is -0.112. The zero-order valence-corrected chi connectivity index (χ0v) is 15.3. The van der Waals surface area contributed by atoms with Crippen LogP contribution >= 0.6 is 23.2 Å². The third kappa shape index (κ3) is 4.31. The number of hydrogen-bond acceptors (Lipinski definition) is 5. The van der Waals surface area contributed by atoms with E-state index in [-0.39, 0.29) is 5.57 Å². The molecule has 0 saturated carbocycles. The second-order valence-corrected chi connectivity index (χ2v) is 6.60. The van der Waals surface area contributed by atoms with E-state index in [2.05, 4.69) is 20.2 Å². The first-order valence-electron chi connectivity index (χ1n) is 8.02.